The highest BCUT2D eigenvalue weighted by Crippen LogP contribution is 2.29. The summed E-state index contributed by atoms with van der Waals surface area (Å²) < 4.78 is 0. The van der Waals surface area contributed by atoms with Gasteiger partial charge in [0.05, 0.1) is 0 Å². The summed E-state index contributed by atoms with van der Waals surface area (Å²) in [7, 11) is 0. The first kappa shape index (κ1) is 12.2. The summed E-state index contributed by atoms with van der Waals surface area (Å²) in [6.45, 7) is 3.50. The lowest BCUT2D eigenvalue weighted by atomic mass is 10.0. The fraction of sp³-hybridized carbons (Fsp3) is 0.467. The summed E-state index contributed by atoms with van der Waals surface area (Å²) >= 11 is 0. The summed E-state index contributed by atoms with van der Waals surface area (Å²) in [6, 6.07) is 5.24. The third-order valence-corrected chi connectivity index (χ3v) is 4.09. The summed E-state index contributed by atoms with van der Waals surface area (Å²) in [4.78, 5) is 25.8. The van der Waals surface area contributed by atoms with E-state index in [2.05, 4.69) is 17.4 Å². The molecule has 19 heavy (non-hydrogen) atoms. The highest BCUT2D eigenvalue weighted by molar-refractivity contribution is 6.08. The van der Waals surface area contributed by atoms with Gasteiger partial charge in [-0.25, -0.2) is 0 Å². The Bertz CT molecular complexity index is 553. The number of aryl methyl sites for hydroxylation is 2. The highest BCUT2D eigenvalue weighted by atomic mass is 16.2. The van der Waals surface area contributed by atoms with Crippen LogP contribution in [0, 0.1) is 0 Å². The number of piperazine rings is 1. The lowest BCUT2D eigenvalue weighted by Gasteiger charge is -2.36. The molecule has 100 valence electrons. The molecule has 0 saturated carbocycles. The summed E-state index contributed by atoms with van der Waals surface area (Å²) in [6.07, 6.45) is 3.37. The van der Waals surface area contributed by atoms with Crippen molar-refractivity contribution in [1.29, 1.82) is 0 Å². The minimum atomic E-state index is -0.447. The molecule has 1 saturated heterocycles. The molecule has 1 aliphatic carbocycles. The Hall–Kier alpha value is -1.84. The van der Waals surface area contributed by atoms with Crippen LogP contribution in [0.2, 0.25) is 0 Å². The molecule has 1 heterocycles. The van der Waals surface area contributed by atoms with E-state index in [4.69, 9.17) is 0 Å². The average Bonchev–Trinajstić information content (AvgIpc) is 2.84. The Morgan fingerprint density at radius 3 is 2.68 bits per heavy atom. The molecule has 0 aromatic heterocycles. The van der Waals surface area contributed by atoms with Crippen molar-refractivity contribution in [2.45, 2.75) is 45.2 Å². The summed E-state index contributed by atoms with van der Waals surface area (Å²) in [5, 5.41) is 2.70. The van der Waals surface area contributed by atoms with Gasteiger partial charge in [-0.15, -0.1) is 0 Å². The van der Waals surface area contributed by atoms with Crippen molar-refractivity contribution in [3.05, 3.63) is 29.3 Å². The fourth-order valence-electron chi connectivity index (χ4n) is 2.97. The average molecular weight is 258 g/mol. The maximum Gasteiger partial charge on any atom is 0.250 e. The van der Waals surface area contributed by atoms with Crippen LogP contribution in [0.1, 0.15) is 31.4 Å². The number of benzene rings is 1. The first-order chi connectivity index (χ1) is 9.08. The molecule has 2 atom stereocenters. The van der Waals surface area contributed by atoms with Crippen LogP contribution in [-0.4, -0.2) is 23.9 Å². The SMILES string of the molecule is CC1NC(=O)C(C)N(c2ccc3c(c2)CCC3)C1=O. The number of anilines is 1. The minimum absolute atomic E-state index is 0.0370. The number of rotatable bonds is 1. The zero-order valence-electron chi connectivity index (χ0n) is 11.3. The number of carbonyl (C=O) groups is 2. The van der Waals surface area contributed by atoms with Crippen molar-refractivity contribution in [3.8, 4) is 0 Å². The van der Waals surface area contributed by atoms with Gasteiger partial charge in [-0.05, 0) is 56.4 Å². The Morgan fingerprint density at radius 1 is 1.16 bits per heavy atom. The molecule has 1 N–H and O–H groups in total. The standard InChI is InChI=1S/C15H18N2O2/c1-9-15(19)17(10(2)14(18)16-9)13-7-6-11-4-3-5-12(11)8-13/h6-10H,3-5H2,1-2H3,(H,16,18). The van der Waals surface area contributed by atoms with E-state index in [0.717, 1.165) is 18.5 Å². The van der Waals surface area contributed by atoms with Gasteiger partial charge in [0.25, 0.3) is 0 Å². The van der Waals surface area contributed by atoms with Gasteiger partial charge >= 0.3 is 0 Å². The number of hydrogen-bond acceptors (Lipinski definition) is 2. The number of amides is 2. The second-order valence-corrected chi connectivity index (χ2v) is 5.42. The maximum absolute atomic E-state index is 12.3. The minimum Gasteiger partial charge on any atom is -0.343 e. The number of carbonyl (C=O) groups excluding carboxylic acids is 2. The van der Waals surface area contributed by atoms with Crippen molar-refractivity contribution in [3.63, 3.8) is 0 Å². The molecule has 4 heteroatoms. The van der Waals surface area contributed by atoms with Crippen molar-refractivity contribution >= 4 is 17.5 Å². The van der Waals surface area contributed by atoms with Gasteiger partial charge in [0.1, 0.15) is 12.1 Å². The van der Waals surface area contributed by atoms with Crippen LogP contribution in [0.3, 0.4) is 0 Å². The lowest BCUT2D eigenvalue weighted by Crippen LogP contribution is -2.61. The van der Waals surface area contributed by atoms with Gasteiger partial charge in [0.15, 0.2) is 0 Å². The van der Waals surface area contributed by atoms with E-state index in [1.54, 1.807) is 18.7 Å². The molecule has 1 aromatic carbocycles. The molecular weight excluding hydrogens is 240 g/mol. The summed E-state index contributed by atoms with van der Waals surface area (Å²) in [5.41, 5.74) is 3.54. The van der Waals surface area contributed by atoms with E-state index in [9.17, 15) is 9.59 Å². The topological polar surface area (TPSA) is 49.4 Å². The third-order valence-electron chi connectivity index (χ3n) is 4.09. The fourth-order valence-corrected chi connectivity index (χ4v) is 2.97. The van der Waals surface area contributed by atoms with E-state index in [-0.39, 0.29) is 11.8 Å². The molecule has 1 aromatic rings. The van der Waals surface area contributed by atoms with E-state index >= 15 is 0 Å². The molecule has 0 bridgehead atoms. The van der Waals surface area contributed by atoms with Gasteiger partial charge in [0.2, 0.25) is 11.8 Å². The van der Waals surface area contributed by atoms with Gasteiger partial charge < -0.3 is 5.32 Å². The van der Waals surface area contributed by atoms with Gasteiger partial charge in [-0.3, -0.25) is 14.5 Å². The molecule has 2 aliphatic rings. The quantitative estimate of drug-likeness (QED) is 0.828. The van der Waals surface area contributed by atoms with Crippen LogP contribution in [0.4, 0.5) is 5.69 Å². The van der Waals surface area contributed by atoms with Crippen molar-refractivity contribution in [2.24, 2.45) is 0 Å². The van der Waals surface area contributed by atoms with Gasteiger partial charge in [0, 0.05) is 5.69 Å². The first-order valence-corrected chi connectivity index (χ1v) is 6.83. The van der Waals surface area contributed by atoms with Crippen LogP contribution in [-0.2, 0) is 22.4 Å². The van der Waals surface area contributed by atoms with Gasteiger partial charge in [-0.1, -0.05) is 6.07 Å². The highest BCUT2D eigenvalue weighted by Gasteiger charge is 2.36. The number of hydrogen-bond donors (Lipinski definition) is 1. The first-order valence-electron chi connectivity index (χ1n) is 6.83. The molecule has 1 aliphatic heterocycles. The van der Waals surface area contributed by atoms with Crippen molar-refractivity contribution < 1.29 is 9.59 Å². The second-order valence-electron chi connectivity index (χ2n) is 5.42. The van der Waals surface area contributed by atoms with E-state index in [1.807, 2.05) is 6.07 Å². The van der Waals surface area contributed by atoms with Gasteiger partial charge in [-0.2, -0.15) is 0 Å². The molecular formula is C15H18N2O2. The van der Waals surface area contributed by atoms with Crippen LogP contribution in [0.25, 0.3) is 0 Å². The van der Waals surface area contributed by atoms with E-state index < -0.39 is 12.1 Å². The molecule has 3 rings (SSSR count). The summed E-state index contributed by atoms with van der Waals surface area (Å²) in [5.74, 6) is -0.127. The van der Waals surface area contributed by atoms with Crippen molar-refractivity contribution in [1.82, 2.24) is 5.32 Å². The largest absolute Gasteiger partial charge is 0.343 e. The number of nitrogens with zero attached hydrogens (tertiary/aromatic N) is 1. The Kier molecular flexibility index (Phi) is 2.81. The van der Waals surface area contributed by atoms with E-state index in [0.29, 0.717) is 0 Å². The Morgan fingerprint density at radius 2 is 1.89 bits per heavy atom. The monoisotopic (exact) mass is 258 g/mol. The molecule has 4 nitrogen and oxygen atoms in total. The molecule has 0 radical (unpaired) electrons. The zero-order chi connectivity index (χ0) is 13.6. The third kappa shape index (κ3) is 1.91. The van der Waals surface area contributed by atoms with Crippen LogP contribution >= 0.6 is 0 Å². The van der Waals surface area contributed by atoms with E-state index in [1.165, 1.54) is 17.5 Å². The zero-order valence-corrected chi connectivity index (χ0v) is 11.3. The maximum atomic E-state index is 12.3. The lowest BCUT2D eigenvalue weighted by molar-refractivity contribution is -0.133. The molecule has 0 spiro atoms. The second kappa shape index (κ2) is 4.37. The number of nitrogens with one attached hydrogen (secondary N) is 1. The Labute approximate surface area is 112 Å². The van der Waals surface area contributed by atoms with Crippen molar-refractivity contribution in [2.75, 3.05) is 4.90 Å². The van der Waals surface area contributed by atoms with Crippen LogP contribution < -0.4 is 10.2 Å². The molecule has 2 unspecified atom stereocenters. The Balaban J connectivity index is 1.99. The smallest absolute Gasteiger partial charge is 0.250 e. The predicted molar refractivity (Wildman–Crippen MR) is 73.0 cm³/mol. The predicted octanol–water partition coefficient (Wildman–Crippen LogP) is 1.42. The van der Waals surface area contributed by atoms with Crippen LogP contribution in [0.15, 0.2) is 18.2 Å². The molecule has 2 amide bonds. The number of fused-ring (bicyclic) bond motifs is 1. The normalized spacial score (nSPS) is 26.3. The molecule has 1 fully saturated rings. The van der Waals surface area contributed by atoms with Crippen LogP contribution in [0.5, 0.6) is 0 Å².